The molecular weight excluding hydrogens is 344 g/mol. The molecule has 0 saturated heterocycles. The molecule has 0 fully saturated rings. The van der Waals surface area contributed by atoms with Gasteiger partial charge in [-0.25, -0.2) is 0 Å². The van der Waals surface area contributed by atoms with Gasteiger partial charge in [-0.2, -0.15) is 0 Å². The first-order valence-corrected chi connectivity index (χ1v) is 8.51. The Morgan fingerprint density at radius 2 is 2.00 bits per heavy atom. The number of para-hydroxylation sites is 2. The van der Waals surface area contributed by atoms with E-state index in [1.807, 2.05) is 13.0 Å². The van der Waals surface area contributed by atoms with Gasteiger partial charge in [0.15, 0.2) is 6.61 Å². The fraction of sp³-hybridized carbons (Fsp3) is 0.294. The quantitative estimate of drug-likeness (QED) is 0.241. The number of nitrogens with zero attached hydrogens (tertiary/aromatic N) is 1. The highest BCUT2D eigenvalue weighted by atomic mass is 32.1. The van der Waals surface area contributed by atoms with Crippen LogP contribution in [0.2, 0.25) is 0 Å². The summed E-state index contributed by atoms with van der Waals surface area (Å²) < 4.78 is 4.96. The first kappa shape index (κ1) is 18.6. The van der Waals surface area contributed by atoms with Gasteiger partial charge < -0.3 is 10.1 Å². The number of carbonyl (C=O) groups is 2. The molecule has 0 aliphatic carbocycles. The van der Waals surface area contributed by atoms with Crippen LogP contribution in [0.15, 0.2) is 36.4 Å². The van der Waals surface area contributed by atoms with E-state index < -0.39 is 10.9 Å². The molecule has 0 unspecified atom stereocenters. The number of aryl methyl sites for hydroxylation is 1. The van der Waals surface area contributed by atoms with Crippen molar-refractivity contribution in [3.63, 3.8) is 0 Å². The maximum atomic E-state index is 11.8. The van der Waals surface area contributed by atoms with Crippen molar-refractivity contribution < 1.29 is 19.2 Å². The van der Waals surface area contributed by atoms with Crippen LogP contribution >= 0.6 is 11.3 Å². The lowest BCUT2D eigenvalue weighted by atomic mass is 10.2. The number of thiophene rings is 1. The Morgan fingerprint density at radius 1 is 1.24 bits per heavy atom. The zero-order valence-electron chi connectivity index (χ0n) is 13.7. The highest BCUT2D eigenvalue weighted by Gasteiger charge is 2.13. The number of Topliss-reactive ketones (excluding diaryl/α,β-unsaturated/α-hetero) is 1. The number of ketones is 1. The molecule has 25 heavy (non-hydrogen) atoms. The van der Waals surface area contributed by atoms with E-state index in [9.17, 15) is 19.7 Å². The molecule has 1 aromatic heterocycles. The first-order valence-electron chi connectivity index (χ1n) is 7.70. The zero-order chi connectivity index (χ0) is 18.2. The molecule has 1 heterocycles. The van der Waals surface area contributed by atoms with Gasteiger partial charge in [-0.15, -0.1) is 11.3 Å². The van der Waals surface area contributed by atoms with Crippen LogP contribution in [0, 0.1) is 17.0 Å². The zero-order valence-corrected chi connectivity index (χ0v) is 14.5. The lowest BCUT2D eigenvalue weighted by Gasteiger charge is -2.07. The number of carbonyl (C=O) groups excluding carboxylic acids is 2. The minimum absolute atomic E-state index is 0.0121. The van der Waals surface area contributed by atoms with Crippen molar-refractivity contribution in [3.8, 4) is 0 Å². The molecule has 132 valence electrons. The molecular formula is C17H18N2O5S. The van der Waals surface area contributed by atoms with Crippen LogP contribution in [0.3, 0.4) is 0 Å². The summed E-state index contributed by atoms with van der Waals surface area (Å²) in [6.07, 6.45) is 0.571. The average molecular weight is 362 g/mol. The lowest BCUT2D eigenvalue weighted by molar-refractivity contribution is -0.384. The maximum absolute atomic E-state index is 11.8. The van der Waals surface area contributed by atoms with Gasteiger partial charge >= 0.3 is 5.97 Å². The topological polar surface area (TPSA) is 98.5 Å². The van der Waals surface area contributed by atoms with Crippen molar-refractivity contribution in [2.45, 2.75) is 19.8 Å². The number of hydrogen-bond acceptors (Lipinski definition) is 7. The second-order valence-electron chi connectivity index (χ2n) is 5.30. The van der Waals surface area contributed by atoms with Crippen molar-refractivity contribution in [3.05, 3.63) is 56.3 Å². The molecule has 0 aliphatic rings. The second-order valence-corrected chi connectivity index (χ2v) is 6.59. The monoisotopic (exact) mass is 362 g/mol. The molecule has 0 amide bonds. The van der Waals surface area contributed by atoms with Gasteiger partial charge in [-0.05, 0) is 31.5 Å². The fourth-order valence-corrected chi connectivity index (χ4v) is 2.90. The van der Waals surface area contributed by atoms with Gasteiger partial charge in [0.1, 0.15) is 5.69 Å². The third-order valence-corrected chi connectivity index (χ3v) is 4.40. The van der Waals surface area contributed by atoms with E-state index in [2.05, 4.69) is 5.32 Å². The van der Waals surface area contributed by atoms with Crippen LogP contribution in [0.4, 0.5) is 11.4 Å². The van der Waals surface area contributed by atoms with Crippen LogP contribution in [0.1, 0.15) is 27.4 Å². The molecule has 7 nitrogen and oxygen atoms in total. The minimum atomic E-state index is -0.467. The summed E-state index contributed by atoms with van der Waals surface area (Å²) in [6.45, 7) is 2.02. The molecule has 0 atom stereocenters. The van der Waals surface area contributed by atoms with Crippen LogP contribution in [0.25, 0.3) is 0 Å². The van der Waals surface area contributed by atoms with Crippen LogP contribution in [-0.4, -0.2) is 29.8 Å². The summed E-state index contributed by atoms with van der Waals surface area (Å²) in [7, 11) is 0. The maximum Gasteiger partial charge on any atom is 0.306 e. The number of benzene rings is 1. The molecule has 0 radical (unpaired) electrons. The van der Waals surface area contributed by atoms with E-state index in [1.54, 1.807) is 24.3 Å². The van der Waals surface area contributed by atoms with Gasteiger partial charge in [0.05, 0.1) is 9.80 Å². The molecule has 1 aromatic carbocycles. The molecule has 8 heteroatoms. The number of nitro benzene ring substituents is 1. The molecule has 2 aromatic rings. The summed E-state index contributed by atoms with van der Waals surface area (Å²) in [4.78, 5) is 35.5. The van der Waals surface area contributed by atoms with E-state index in [1.165, 1.54) is 17.4 Å². The van der Waals surface area contributed by atoms with E-state index in [0.717, 1.165) is 4.88 Å². The van der Waals surface area contributed by atoms with E-state index in [4.69, 9.17) is 4.74 Å². The summed E-state index contributed by atoms with van der Waals surface area (Å²) in [6, 6.07) is 9.86. The van der Waals surface area contributed by atoms with Crippen LogP contribution < -0.4 is 5.32 Å². The highest BCUT2D eigenvalue weighted by molar-refractivity contribution is 7.14. The van der Waals surface area contributed by atoms with Gasteiger partial charge in [0.25, 0.3) is 5.69 Å². The number of nitrogens with one attached hydrogen (secondary N) is 1. The smallest absolute Gasteiger partial charge is 0.306 e. The Labute approximate surface area is 148 Å². The third-order valence-electron chi connectivity index (χ3n) is 3.35. The largest absolute Gasteiger partial charge is 0.457 e. The van der Waals surface area contributed by atoms with Crippen molar-refractivity contribution in [1.82, 2.24) is 0 Å². The average Bonchev–Trinajstić information content (AvgIpc) is 3.03. The SMILES string of the molecule is Cc1ccc(C(=O)COC(=O)CCCNc2ccccc2[N+](=O)[O-])s1. The molecule has 0 bridgehead atoms. The highest BCUT2D eigenvalue weighted by Crippen LogP contribution is 2.23. The Hall–Kier alpha value is -2.74. The Morgan fingerprint density at radius 3 is 2.68 bits per heavy atom. The summed E-state index contributed by atoms with van der Waals surface area (Å²) in [5.41, 5.74) is 0.394. The summed E-state index contributed by atoms with van der Waals surface area (Å²) >= 11 is 1.36. The van der Waals surface area contributed by atoms with Crippen molar-refractivity contribution in [2.75, 3.05) is 18.5 Å². The van der Waals surface area contributed by atoms with E-state index in [0.29, 0.717) is 23.5 Å². The number of ether oxygens (including phenoxy) is 1. The number of hydrogen-bond donors (Lipinski definition) is 1. The van der Waals surface area contributed by atoms with Crippen molar-refractivity contribution >= 4 is 34.5 Å². The van der Waals surface area contributed by atoms with Crippen LogP contribution in [-0.2, 0) is 9.53 Å². The summed E-state index contributed by atoms with van der Waals surface area (Å²) in [5.74, 6) is -0.685. The van der Waals surface area contributed by atoms with Gasteiger partial charge in [-0.1, -0.05) is 12.1 Å². The summed E-state index contributed by atoms with van der Waals surface area (Å²) in [5, 5.41) is 13.8. The Kier molecular flexibility index (Phi) is 6.64. The number of nitro groups is 1. The number of rotatable bonds is 9. The van der Waals surface area contributed by atoms with E-state index in [-0.39, 0.29) is 24.5 Å². The van der Waals surface area contributed by atoms with Gasteiger partial charge in [0, 0.05) is 23.9 Å². The Bertz CT molecular complexity index is 772. The predicted molar refractivity (Wildman–Crippen MR) is 95.2 cm³/mol. The molecule has 2 rings (SSSR count). The van der Waals surface area contributed by atoms with Crippen molar-refractivity contribution in [2.24, 2.45) is 0 Å². The minimum Gasteiger partial charge on any atom is -0.457 e. The molecule has 1 N–H and O–H groups in total. The van der Waals surface area contributed by atoms with Crippen LogP contribution in [0.5, 0.6) is 0 Å². The fourth-order valence-electron chi connectivity index (χ4n) is 2.11. The molecule has 0 aliphatic heterocycles. The van der Waals surface area contributed by atoms with E-state index >= 15 is 0 Å². The first-order chi connectivity index (χ1) is 12.0. The third kappa shape index (κ3) is 5.68. The molecule has 0 saturated carbocycles. The lowest BCUT2D eigenvalue weighted by Crippen LogP contribution is -2.14. The normalized spacial score (nSPS) is 10.3. The van der Waals surface area contributed by atoms with Gasteiger partial charge in [-0.3, -0.25) is 19.7 Å². The second kappa shape index (κ2) is 8.93. The van der Waals surface area contributed by atoms with Gasteiger partial charge in [0.2, 0.25) is 5.78 Å². The predicted octanol–water partition coefficient (Wildman–Crippen LogP) is 3.58. The van der Waals surface area contributed by atoms with Crippen molar-refractivity contribution in [1.29, 1.82) is 0 Å². The Balaban J connectivity index is 1.69. The standard InChI is InChI=1S/C17H18N2O5S/c1-12-8-9-16(25-12)15(20)11-24-17(21)7-4-10-18-13-5-2-3-6-14(13)19(22)23/h2-3,5-6,8-9,18H,4,7,10-11H2,1H3. The number of esters is 1. The molecule has 0 spiro atoms. The number of anilines is 1.